The highest BCUT2D eigenvalue weighted by Gasteiger charge is 2.16. The summed E-state index contributed by atoms with van der Waals surface area (Å²) in [5.41, 5.74) is 1.37. The Hall–Kier alpha value is -0.750. The predicted molar refractivity (Wildman–Crippen MR) is 86.3 cm³/mol. The molecule has 0 saturated carbocycles. The molecular formula is C13H10BrCl2NO2S. The second kappa shape index (κ2) is 6.35. The SMILES string of the molecule is O=S(=O)(Nc1ccccc1CBr)c1ccc(Cl)c(Cl)c1. The van der Waals surface area contributed by atoms with E-state index in [1.807, 2.05) is 12.1 Å². The minimum atomic E-state index is -3.70. The van der Waals surface area contributed by atoms with Crippen LogP contribution in [0.2, 0.25) is 10.0 Å². The van der Waals surface area contributed by atoms with Gasteiger partial charge in [-0.3, -0.25) is 4.72 Å². The molecule has 2 aromatic carbocycles. The Morgan fingerprint density at radius 1 is 1.05 bits per heavy atom. The first-order valence-corrected chi connectivity index (χ1v) is 8.92. The first-order chi connectivity index (χ1) is 9.44. The molecule has 0 aliphatic rings. The number of benzene rings is 2. The molecule has 0 unspecified atom stereocenters. The van der Waals surface area contributed by atoms with Gasteiger partial charge in [0.15, 0.2) is 0 Å². The summed E-state index contributed by atoms with van der Waals surface area (Å²) in [7, 11) is -3.70. The van der Waals surface area contributed by atoms with Crippen molar-refractivity contribution < 1.29 is 8.42 Å². The largest absolute Gasteiger partial charge is 0.279 e. The second-order valence-corrected chi connectivity index (χ2v) is 7.03. The molecule has 7 heteroatoms. The summed E-state index contributed by atoms with van der Waals surface area (Å²) in [4.78, 5) is 0.0660. The first kappa shape index (κ1) is 15.6. The van der Waals surface area contributed by atoms with E-state index in [0.717, 1.165) is 5.56 Å². The Kier molecular flexibility index (Phi) is 4.96. The van der Waals surface area contributed by atoms with E-state index < -0.39 is 10.0 Å². The van der Waals surface area contributed by atoms with E-state index in [-0.39, 0.29) is 9.92 Å². The number of hydrogen-bond acceptors (Lipinski definition) is 2. The van der Waals surface area contributed by atoms with Crippen LogP contribution < -0.4 is 4.72 Å². The van der Waals surface area contributed by atoms with E-state index in [1.54, 1.807) is 12.1 Å². The van der Waals surface area contributed by atoms with Crippen LogP contribution in [-0.4, -0.2) is 8.42 Å². The van der Waals surface area contributed by atoms with E-state index in [1.165, 1.54) is 18.2 Å². The fourth-order valence-electron chi connectivity index (χ4n) is 1.58. The van der Waals surface area contributed by atoms with E-state index >= 15 is 0 Å². The molecule has 0 atom stereocenters. The van der Waals surface area contributed by atoms with Crippen molar-refractivity contribution in [3.05, 3.63) is 58.1 Å². The van der Waals surface area contributed by atoms with Gasteiger partial charge in [-0.05, 0) is 29.8 Å². The molecule has 2 aromatic rings. The molecule has 20 heavy (non-hydrogen) atoms. The van der Waals surface area contributed by atoms with Gasteiger partial charge in [0.05, 0.1) is 20.6 Å². The highest BCUT2D eigenvalue weighted by atomic mass is 79.9. The normalized spacial score (nSPS) is 11.3. The van der Waals surface area contributed by atoms with E-state index in [0.29, 0.717) is 16.0 Å². The number of rotatable bonds is 4. The number of anilines is 1. The number of halogens is 3. The molecule has 1 N–H and O–H groups in total. The van der Waals surface area contributed by atoms with Crippen LogP contribution in [0.15, 0.2) is 47.4 Å². The summed E-state index contributed by atoms with van der Waals surface area (Å²) in [5, 5.41) is 1.06. The molecule has 0 aromatic heterocycles. The molecule has 2 rings (SSSR count). The van der Waals surface area contributed by atoms with Crippen molar-refractivity contribution in [2.24, 2.45) is 0 Å². The number of hydrogen-bond donors (Lipinski definition) is 1. The van der Waals surface area contributed by atoms with Crippen molar-refractivity contribution in [3.8, 4) is 0 Å². The lowest BCUT2D eigenvalue weighted by Crippen LogP contribution is -2.14. The van der Waals surface area contributed by atoms with Gasteiger partial charge in [0.1, 0.15) is 0 Å². The summed E-state index contributed by atoms with van der Waals surface area (Å²) in [6.45, 7) is 0. The Bertz CT molecular complexity index is 735. The molecule has 0 aliphatic heterocycles. The Morgan fingerprint density at radius 2 is 1.75 bits per heavy atom. The molecule has 0 amide bonds. The van der Waals surface area contributed by atoms with Crippen LogP contribution in [0.4, 0.5) is 5.69 Å². The molecule has 0 heterocycles. The van der Waals surface area contributed by atoms with Gasteiger partial charge in [-0.1, -0.05) is 57.3 Å². The Balaban J connectivity index is 2.38. The smallest absolute Gasteiger partial charge is 0.261 e. The third-order valence-corrected chi connectivity index (χ3v) is 5.31. The molecular weight excluding hydrogens is 385 g/mol. The first-order valence-electron chi connectivity index (χ1n) is 5.56. The molecule has 0 bridgehead atoms. The lowest BCUT2D eigenvalue weighted by molar-refractivity contribution is 0.601. The van der Waals surface area contributed by atoms with Crippen molar-refractivity contribution in [1.29, 1.82) is 0 Å². The lowest BCUT2D eigenvalue weighted by atomic mass is 10.2. The van der Waals surface area contributed by atoms with E-state index in [2.05, 4.69) is 20.7 Å². The van der Waals surface area contributed by atoms with E-state index in [4.69, 9.17) is 23.2 Å². The Labute approximate surface area is 136 Å². The number of nitrogens with one attached hydrogen (secondary N) is 1. The van der Waals surface area contributed by atoms with Crippen molar-refractivity contribution in [1.82, 2.24) is 0 Å². The minimum Gasteiger partial charge on any atom is -0.279 e. The minimum absolute atomic E-state index is 0.0660. The fourth-order valence-corrected chi connectivity index (χ4v) is 3.56. The van der Waals surface area contributed by atoms with Crippen LogP contribution in [0.3, 0.4) is 0 Å². The summed E-state index contributed by atoms with van der Waals surface area (Å²) in [6.07, 6.45) is 0. The maximum absolute atomic E-state index is 12.3. The maximum Gasteiger partial charge on any atom is 0.261 e. The topological polar surface area (TPSA) is 46.2 Å². The van der Waals surface area contributed by atoms with Crippen molar-refractivity contribution >= 4 is 54.8 Å². The standard InChI is InChI=1S/C13H10BrCl2NO2S/c14-8-9-3-1-2-4-13(9)17-20(18,19)10-5-6-11(15)12(16)7-10/h1-7,17H,8H2. The fraction of sp³-hybridized carbons (Fsp3) is 0.0769. The van der Waals surface area contributed by atoms with Gasteiger partial charge in [-0.15, -0.1) is 0 Å². The zero-order chi connectivity index (χ0) is 14.8. The van der Waals surface area contributed by atoms with Gasteiger partial charge in [0.25, 0.3) is 10.0 Å². The van der Waals surface area contributed by atoms with Crippen LogP contribution >= 0.6 is 39.1 Å². The number of alkyl halides is 1. The van der Waals surface area contributed by atoms with Crippen molar-refractivity contribution in [2.75, 3.05) is 4.72 Å². The van der Waals surface area contributed by atoms with Crippen LogP contribution in [0.1, 0.15) is 5.56 Å². The lowest BCUT2D eigenvalue weighted by Gasteiger charge is -2.11. The summed E-state index contributed by atoms with van der Waals surface area (Å²) in [5.74, 6) is 0. The van der Waals surface area contributed by atoms with Gasteiger partial charge in [0.2, 0.25) is 0 Å². The van der Waals surface area contributed by atoms with Crippen LogP contribution in [-0.2, 0) is 15.4 Å². The molecule has 0 spiro atoms. The summed E-state index contributed by atoms with van der Waals surface area (Å²) in [6, 6.07) is 11.3. The predicted octanol–water partition coefficient (Wildman–Crippen LogP) is 4.69. The monoisotopic (exact) mass is 393 g/mol. The highest BCUT2D eigenvalue weighted by Crippen LogP contribution is 2.27. The average molecular weight is 395 g/mol. The van der Waals surface area contributed by atoms with Crippen molar-refractivity contribution in [2.45, 2.75) is 10.2 Å². The quantitative estimate of drug-likeness (QED) is 0.764. The maximum atomic E-state index is 12.3. The Morgan fingerprint density at radius 3 is 2.40 bits per heavy atom. The number of para-hydroxylation sites is 1. The highest BCUT2D eigenvalue weighted by molar-refractivity contribution is 9.08. The molecule has 0 aliphatic carbocycles. The number of sulfonamides is 1. The summed E-state index contributed by atoms with van der Waals surface area (Å²) >= 11 is 15.0. The third kappa shape index (κ3) is 3.47. The van der Waals surface area contributed by atoms with Crippen LogP contribution in [0.5, 0.6) is 0 Å². The van der Waals surface area contributed by atoms with Gasteiger partial charge in [-0.2, -0.15) is 0 Å². The van der Waals surface area contributed by atoms with Gasteiger partial charge < -0.3 is 0 Å². The molecule has 3 nitrogen and oxygen atoms in total. The van der Waals surface area contributed by atoms with Gasteiger partial charge in [0, 0.05) is 5.33 Å². The van der Waals surface area contributed by atoms with Crippen molar-refractivity contribution in [3.63, 3.8) is 0 Å². The molecule has 106 valence electrons. The second-order valence-electron chi connectivity index (χ2n) is 3.97. The molecule has 0 fully saturated rings. The van der Waals surface area contributed by atoms with E-state index in [9.17, 15) is 8.42 Å². The van der Waals surface area contributed by atoms with Crippen LogP contribution in [0.25, 0.3) is 0 Å². The van der Waals surface area contributed by atoms with Crippen LogP contribution in [0, 0.1) is 0 Å². The van der Waals surface area contributed by atoms with Gasteiger partial charge in [-0.25, -0.2) is 8.42 Å². The van der Waals surface area contributed by atoms with Gasteiger partial charge >= 0.3 is 0 Å². The zero-order valence-corrected chi connectivity index (χ0v) is 14.0. The third-order valence-electron chi connectivity index (χ3n) is 2.61. The molecule has 0 radical (unpaired) electrons. The molecule has 0 saturated heterocycles. The average Bonchev–Trinajstić information content (AvgIpc) is 2.42. The zero-order valence-electron chi connectivity index (χ0n) is 10.1. The summed E-state index contributed by atoms with van der Waals surface area (Å²) < 4.78 is 27.2.